The summed E-state index contributed by atoms with van der Waals surface area (Å²) in [5.74, 6) is 0.0706. The highest BCUT2D eigenvalue weighted by Crippen LogP contribution is 2.18. The Morgan fingerprint density at radius 3 is 2.65 bits per heavy atom. The Hall–Kier alpha value is -1.40. The van der Waals surface area contributed by atoms with E-state index in [1.807, 2.05) is 34.6 Å². The first-order valence-electron chi connectivity index (χ1n) is 6.68. The average Bonchev–Trinajstić information content (AvgIpc) is 2.74. The number of amides is 1. The number of fused-ring (bicyclic) bond motifs is 1. The minimum absolute atomic E-state index is 0.0706. The minimum Gasteiger partial charge on any atom is -0.335 e. The number of carbonyl (C=O) groups is 1. The first-order valence-corrected chi connectivity index (χ1v) is 7.47. The van der Waals surface area contributed by atoms with Gasteiger partial charge < -0.3 is 9.80 Å². The smallest absolute Gasteiger partial charge is 0.272 e. The molecule has 1 aliphatic rings. The van der Waals surface area contributed by atoms with Gasteiger partial charge in [0.15, 0.2) is 0 Å². The molecule has 0 radical (unpaired) electrons. The Kier molecular flexibility index (Phi) is 3.52. The first-order chi connectivity index (χ1) is 9.56. The summed E-state index contributed by atoms with van der Waals surface area (Å²) in [6.45, 7) is 5.28. The molecule has 0 unspecified atom stereocenters. The van der Waals surface area contributed by atoms with E-state index >= 15 is 0 Å². The molecule has 2 aromatic rings. The third-order valence-electron chi connectivity index (χ3n) is 3.75. The van der Waals surface area contributed by atoms with Crippen molar-refractivity contribution < 1.29 is 4.79 Å². The van der Waals surface area contributed by atoms with Gasteiger partial charge in [-0.1, -0.05) is 0 Å². The van der Waals surface area contributed by atoms with Crippen LogP contribution in [0, 0.1) is 6.92 Å². The Morgan fingerprint density at radius 1 is 1.25 bits per heavy atom. The Bertz CT molecular complexity index is 658. The maximum atomic E-state index is 12.7. The van der Waals surface area contributed by atoms with Gasteiger partial charge in [-0.15, -0.1) is 0 Å². The number of hydrogen-bond donors (Lipinski definition) is 0. The fourth-order valence-electron chi connectivity index (χ4n) is 2.55. The second-order valence-corrected chi connectivity index (χ2v) is 6.13. The topological polar surface area (TPSA) is 40.9 Å². The maximum absolute atomic E-state index is 12.7. The van der Waals surface area contributed by atoms with Crippen molar-refractivity contribution in [2.45, 2.75) is 6.92 Å². The van der Waals surface area contributed by atoms with Gasteiger partial charge in [0.2, 0.25) is 0 Å². The summed E-state index contributed by atoms with van der Waals surface area (Å²) < 4.78 is 2.81. The summed E-state index contributed by atoms with van der Waals surface area (Å²) in [6.07, 6.45) is 1.90. The van der Waals surface area contributed by atoms with E-state index in [0.29, 0.717) is 5.69 Å². The Morgan fingerprint density at radius 2 is 1.95 bits per heavy atom. The summed E-state index contributed by atoms with van der Waals surface area (Å²) in [5, 5.41) is 0. The van der Waals surface area contributed by atoms with Gasteiger partial charge >= 0.3 is 0 Å². The number of hydrogen-bond acceptors (Lipinski definition) is 3. The van der Waals surface area contributed by atoms with Crippen LogP contribution in [0.3, 0.4) is 0 Å². The summed E-state index contributed by atoms with van der Waals surface area (Å²) in [4.78, 5) is 21.4. The molecule has 1 amide bonds. The van der Waals surface area contributed by atoms with E-state index in [0.717, 1.165) is 42.0 Å². The summed E-state index contributed by atoms with van der Waals surface area (Å²) in [7, 11) is 2.08. The number of carbonyl (C=O) groups excluding carboxylic acids is 1. The fourth-order valence-corrected chi connectivity index (χ4v) is 2.89. The van der Waals surface area contributed by atoms with Crippen molar-refractivity contribution in [3.8, 4) is 0 Å². The first kappa shape index (κ1) is 13.6. The molecule has 2 aromatic heterocycles. The predicted octanol–water partition coefficient (Wildman–Crippen LogP) is 1.79. The van der Waals surface area contributed by atoms with Gasteiger partial charge in [-0.2, -0.15) is 0 Å². The highest BCUT2D eigenvalue weighted by molar-refractivity contribution is 9.10. The molecule has 0 atom stereocenters. The quantitative estimate of drug-likeness (QED) is 0.797. The normalized spacial score (nSPS) is 16.9. The lowest BCUT2D eigenvalue weighted by Crippen LogP contribution is -2.47. The van der Waals surface area contributed by atoms with Gasteiger partial charge in [0.05, 0.1) is 5.69 Å². The van der Waals surface area contributed by atoms with Gasteiger partial charge in [-0.05, 0) is 42.0 Å². The van der Waals surface area contributed by atoms with Crippen molar-refractivity contribution in [2.75, 3.05) is 33.2 Å². The molecule has 1 saturated heterocycles. The molecular weight excluding hydrogens is 320 g/mol. The van der Waals surface area contributed by atoms with Crippen LogP contribution in [0.25, 0.3) is 5.65 Å². The maximum Gasteiger partial charge on any atom is 0.272 e. The van der Waals surface area contributed by atoms with Crippen molar-refractivity contribution in [1.29, 1.82) is 0 Å². The van der Waals surface area contributed by atoms with Crippen LogP contribution in [0.15, 0.2) is 22.8 Å². The zero-order valence-corrected chi connectivity index (χ0v) is 13.2. The molecule has 106 valence electrons. The minimum atomic E-state index is 0.0706. The molecule has 0 spiro atoms. The third-order valence-corrected chi connectivity index (χ3v) is 4.22. The molecule has 20 heavy (non-hydrogen) atoms. The van der Waals surface area contributed by atoms with Crippen LogP contribution in [0.4, 0.5) is 0 Å². The average molecular weight is 337 g/mol. The summed E-state index contributed by atoms with van der Waals surface area (Å²) in [6, 6.07) is 3.85. The molecule has 0 bridgehead atoms. The number of pyridine rings is 1. The van der Waals surface area contributed by atoms with Crippen molar-refractivity contribution in [3.05, 3.63) is 34.2 Å². The number of rotatable bonds is 1. The molecule has 6 heteroatoms. The van der Waals surface area contributed by atoms with E-state index in [-0.39, 0.29) is 5.91 Å². The van der Waals surface area contributed by atoms with E-state index in [4.69, 9.17) is 0 Å². The predicted molar refractivity (Wildman–Crippen MR) is 81.0 cm³/mol. The molecule has 3 rings (SSSR count). The van der Waals surface area contributed by atoms with E-state index in [2.05, 4.69) is 32.9 Å². The second kappa shape index (κ2) is 5.18. The highest BCUT2D eigenvalue weighted by atomic mass is 79.9. The summed E-state index contributed by atoms with van der Waals surface area (Å²) in [5.41, 5.74) is 2.26. The third kappa shape index (κ3) is 2.33. The Balaban J connectivity index is 1.98. The molecule has 0 aromatic carbocycles. The van der Waals surface area contributed by atoms with Crippen LogP contribution in [0.1, 0.15) is 16.2 Å². The van der Waals surface area contributed by atoms with Gasteiger partial charge in [-0.25, -0.2) is 4.98 Å². The Labute approximate surface area is 126 Å². The van der Waals surface area contributed by atoms with Crippen LogP contribution >= 0.6 is 15.9 Å². The molecule has 0 saturated carbocycles. The van der Waals surface area contributed by atoms with Crippen LogP contribution < -0.4 is 0 Å². The lowest BCUT2D eigenvalue weighted by atomic mass is 10.2. The molecular formula is C14H17BrN4O. The van der Waals surface area contributed by atoms with Gasteiger partial charge in [0.1, 0.15) is 11.3 Å². The van der Waals surface area contributed by atoms with Crippen LogP contribution in [0.5, 0.6) is 0 Å². The van der Waals surface area contributed by atoms with E-state index < -0.39 is 0 Å². The largest absolute Gasteiger partial charge is 0.335 e. The number of piperazine rings is 1. The van der Waals surface area contributed by atoms with E-state index in [1.165, 1.54) is 0 Å². The number of aromatic nitrogens is 2. The number of likely N-dealkylation sites (N-methyl/N-ethyl adjacent to an activating group) is 1. The molecule has 1 aliphatic heterocycles. The second-order valence-electron chi connectivity index (χ2n) is 5.22. The SMILES string of the molecule is Cc1nc2ccc(Br)cn2c1C(=O)N1CCN(C)CC1. The monoisotopic (exact) mass is 336 g/mol. The van der Waals surface area contributed by atoms with Gasteiger partial charge in [-0.3, -0.25) is 9.20 Å². The molecule has 0 N–H and O–H groups in total. The van der Waals surface area contributed by atoms with E-state index in [1.54, 1.807) is 0 Å². The molecule has 3 heterocycles. The van der Waals surface area contributed by atoms with Crippen LogP contribution in [-0.2, 0) is 0 Å². The fraction of sp³-hybridized carbons (Fsp3) is 0.429. The van der Waals surface area contributed by atoms with E-state index in [9.17, 15) is 4.79 Å². The van der Waals surface area contributed by atoms with Crippen LogP contribution in [0.2, 0.25) is 0 Å². The number of imidazole rings is 1. The zero-order valence-electron chi connectivity index (χ0n) is 11.6. The zero-order chi connectivity index (χ0) is 14.3. The molecule has 0 aliphatic carbocycles. The van der Waals surface area contributed by atoms with Crippen molar-refractivity contribution in [1.82, 2.24) is 19.2 Å². The molecule has 5 nitrogen and oxygen atoms in total. The van der Waals surface area contributed by atoms with Crippen molar-refractivity contribution in [2.24, 2.45) is 0 Å². The van der Waals surface area contributed by atoms with Gasteiger partial charge in [0.25, 0.3) is 5.91 Å². The number of halogens is 1. The standard InChI is InChI=1S/C14H17BrN4O/c1-10-13(14(20)18-7-5-17(2)6-8-18)19-9-11(15)3-4-12(19)16-10/h3-4,9H,5-8H2,1-2H3. The van der Waals surface area contributed by atoms with Crippen LogP contribution in [-0.4, -0.2) is 58.3 Å². The van der Waals surface area contributed by atoms with Gasteiger partial charge in [0, 0.05) is 36.8 Å². The number of aryl methyl sites for hydroxylation is 1. The van der Waals surface area contributed by atoms with Crippen molar-refractivity contribution in [3.63, 3.8) is 0 Å². The van der Waals surface area contributed by atoms with Crippen molar-refractivity contribution >= 4 is 27.5 Å². The lowest BCUT2D eigenvalue weighted by Gasteiger charge is -2.32. The lowest BCUT2D eigenvalue weighted by molar-refractivity contribution is 0.0656. The highest BCUT2D eigenvalue weighted by Gasteiger charge is 2.25. The summed E-state index contributed by atoms with van der Waals surface area (Å²) >= 11 is 3.45. The molecule has 1 fully saturated rings. The number of nitrogens with zero attached hydrogens (tertiary/aromatic N) is 4.